The fourth-order valence-corrected chi connectivity index (χ4v) is 3.53. The summed E-state index contributed by atoms with van der Waals surface area (Å²) in [6.45, 7) is 0. The van der Waals surface area contributed by atoms with Crippen molar-refractivity contribution in [1.29, 1.82) is 0 Å². The number of benzene rings is 4. The van der Waals surface area contributed by atoms with Crippen molar-refractivity contribution in [2.24, 2.45) is 0 Å². The van der Waals surface area contributed by atoms with E-state index in [1.165, 1.54) is 0 Å². The summed E-state index contributed by atoms with van der Waals surface area (Å²) >= 11 is -5.75. The van der Waals surface area contributed by atoms with Crippen molar-refractivity contribution in [2.75, 3.05) is 22.9 Å². The average molecular weight is 674 g/mol. The Hall–Kier alpha value is -4.92. The molecule has 0 radical (unpaired) electrons. The fraction of sp³-hybridized carbons (Fsp3) is 0. The number of nitrogens with one attached hydrogen (secondary N) is 2. The van der Waals surface area contributed by atoms with Crippen LogP contribution in [0.15, 0.2) is 72.8 Å². The molecule has 0 aliphatic rings. The summed E-state index contributed by atoms with van der Waals surface area (Å²) in [5, 5.41) is 0. The van der Waals surface area contributed by atoms with Gasteiger partial charge >= 0.3 is 29.4 Å². The Morgan fingerprint density at radius 2 is 0.767 bits per heavy atom. The minimum absolute atomic E-state index is 0. The van der Waals surface area contributed by atoms with Crippen LogP contribution in [0.25, 0.3) is 44.1 Å². The fourth-order valence-electron chi connectivity index (χ4n) is 3.53. The van der Waals surface area contributed by atoms with Gasteiger partial charge in [-0.3, -0.25) is 0 Å². The van der Waals surface area contributed by atoms with Crippen LogP contribution in [0.4, 0.5) is 22.7 Å². The van der Waals surface area contributed by atoms with E-state index in [2.05, 4.69) is 19.9 Å². The van der Waals surface area contributed by atoms with Gasteiger partial charge in [-0.1, -0.05) is 24.3 Å². The van der Waals surface area contributed by atoms with Gasteiger partial charge < -0.3 is 55.8 Å². The molecule has 0 saturated carbocycles. The van der Waals surface area contributed by atoms with E-state index in [4.69, 9.17) is 39.0 Å². The van der Waals surface area contributed by atoms with E-state index >= 15 is 0 Å². The SMILES string of the molecule is Nc1cc2nc3ccccc3[nH+]c2cc1N.Nc1cc2nc3ccccc3[nH+]c2cc1N.O.O.O.O.O.O.O=[Se](=O)([O-])[O-]. The van der Waals surface area contributed by atoms with Gasteiger partial charge in [0.15, 0.2) is 0 Å². The molecular weight excluding hydrogens is 639 g/mol. The third-order valence-electron chi connectivity index (χ3n) is 5.23. The second-order valence-corrected chi connectivity index (χ2v) is 9.63. The van der Waals surface area contributed by atoms with Gasteiger partial charge in [-0.25, -0.2) is 19.9 Å². The van der Waals surface area contributed by atoms with E-state index in [0.29, 0.717) is 22.7 Å². The standard InChI is InChI=1S/2C12H10N4.H2O4Se.6H2O/c2*13-7-5-11-12(6-8(7)14)16-10-4-2-1-3-9(10)15-11;1-5(2,3)4;;;;;;/h2*1-6H,13-14H2;(H2,1,2,3,4);6*1H2. The number of hydrogen-bond donors (Lipinski definition) is 4. The summed E-state index contributed by atoms with van der Waals surface area (Å²) in [4.78, 5) is 15.6. The number of rotatable bonds is 0. The van der Waals surface area contributed by atoms with Crippen LogP contribution in [0.1, 0.15) is 0 Å². The third kappa shape index (κ3) is 10.8. The molecule has 0 spiro atoms. The molecule has 0 bridgehead atoms. The van der Waals surface area contributed by atoms with Gasteiger partial charge in [-0.15, -0.1) is 0 Å². The molecule has 236 valence electrons. The van der Waals surface area contributed by atoms with Crippen molar-refractivity contribution in [2.45, 2.75) is 0 Å². The van der Waals surface area contributed by atoms with Crippen LogP contribution in [0.2, 0.25) is 0 Å². The van der Waals surface area contributed by atoms with Gasteiger partial charge in [-0.05, 0) is 24.3 Å². The van der Waals surface area contributed by atoms with Crippen LogP contribution >= 0.6 is 0 Å². The normalized spacial score (nSPS) is 9.53. The number of H-pyrrole nitrogens is 2. The second-order valence-electron chi connectivity index (χ2n) is 7.91. The summed E-state index contributed by atoms with van der Waals surface area (Å²) in [6.07, 6.45) is 0. The summed E-state index contributed by atoms with van der Waals surface area (Å²) in [7, 11) is 0. The molecule has 0 saturated heterocycles. The van der Waals surface area contributed by atoms with Gasteiger partial charge in [0.1, 0.15) is 22.1 Å². The van der Waals surface area contributed by atoms with Crippen molar-refractivity contribution in [1.82, 2.24) is 9.97 Å². The van der Waals surface area contributed by atoms with E-state index in [9.17, 15) is 0 Å². The number of nitrogens with zero attached hydrogens (tertiary/aromatic N) is 2. The second kappa shape index (κ2) is 17.1. The first-order chi connectivity index (χ1) is 17.5. The van der Waals surface area contributed by atoms with E-state index in [0.717, 1.165) is 44.1 Å². The Morgan fingerprint density at radius 3 is 1.09 bits per heavy atom. The molecule has 0 atom stereocenters. The van der Waals surface area contributed by atoms with E-state index in [1.54, 1.807) is 12.1 Å². The number of para-hydroxylation sites is 4. The maximum absolute atomic E-state index is 8.59. The monoisotopic (exact) mass is 674 g/mol. The minimum atomic E-state index is -5.75. The molecule has 0 aliphatic carbocycles. The van der Waals surface area contributed by atoms with Crippen molar-refractivity contribution in [3.8, 4) is 0 Å². The molecule has 0 unspecified atom stereocenters. The van der Waals surface area contributed by atoms with Crippen molar-refractivity contribution >= 4 is 80.3 Å². The summed E-state index contributed by atoms with van der Waals surface area (Å²) in [6, 6.07) is 22.9. The molecule has 2 heterocycles. The van der Waals surface area contributed by atoms with Gasteiger partial charge in [-0.2, -0.15) is 0 Å². The Labute approximate surface area is 244 Å². The predicted octanol–water partition coefficient (Wildman–Crippen LogP) is -5.21. The molecule has 4 aromatic carbocycles. The molecule has 0 amide bonds. The topological polar surface area (TPSA) is 427 Å². The Kier molecular flexibility index (Phi) is 17.0. The zero-order valence-electron chi connectivity index (χ0n) is 22.2. The maximum atomic E-state index is 8.59. The van der Waals surface area contributed by atoms with Crippen LogP contribution in [-0.2, 0) is 7.67 Å². The average Bonchev–Trinajstić information content (AvgIpc) is 2.83. The third-order valence-corrected chi connectivity index (χ3v) is 5.23. The van der Waals surface area contributed by atoms with Crippen LogP contribution < -0.4 is 41.3 Å². The number of aromatic amines is 2. The van der Waals surface area contributed by atoms with E-state index in [-0.39, 0.29) is 32.9 Å². The van der Waals surface area contributed by atoms with Gasteiger partial charge in [0.05, 0.1) is 22.7 Å². The molecule has 19 heteroatoms. The Balaban J connectivity index is -0.000000575. The van der Waals surface area contributed by atoms with Crippen molar-refractivity contribution < 1.29 is 58.9 Å². The number of fused-ring (bicyclic) bond motifs is 4. The number of nitrogen functional groups attached to an aromatic ring is 4. The van der Waals surface area contributed by atoms with Gasteiger partial charge in [0, 0.05) is 24.3 Å². The quantitative estimate of drug-likeness (QED) is 0.0674. The van der Waals surface area contributed by atoms with Crippen LogP contribution in [0.5, 0.6) is 0 Å². The molecule has 22 N–H and O–H groups in total. The number of anilines is 4. The first kappa shape index (κ1) is 42.5. The molecule has 0 fully saturated rings. The number of nitrogens with two attached hydrogens (primary N) is 4. The molecule has 6 rings (SSSR count). The first-order valence-corrected chi connectivity index (χ1v) is 13.5. The summed E-state index contributed by atoms with van der Waals surface area (Å²) in [5.74, 6) is 0. The van der Waals surface area contributed by atoms with E-state index in [1.807, 2.05) is 60.7 Å². The van der Waals surface area contributed by atoms with Gasteiger partial charge in [0.2, 0.25) is 22.1 Å². The van der Waals surface area contributed by atoms with Crippen LogP contribution in [-0.4, -0.2) is 56.2 Å². The summed E-state index contributed by atoms with van der Waals surface area (Å²) in [5.41, 5.74) is 32.5. The van der Waals surface area contributed by atoms with Crippen LogP contribution in [0, 0.1) is 0 Å². The molecular formula is C24H34N8O10Se. The van der Waals surface area contributed by atoms with Crippen LogP contribution in [0.3, 0.4) is 0 Å². The zero-order chi connectivity index (χ0) is 26.7. The molecule has 18 nitrogen and oxygen atoms in total. The van der Waals surface area contributed by atoms with E-state index < -0.39 is 13.4 Å². The Bertz CT molecular complexity index is 1650. The summed E-state index contributed by atoms with van der Waals surface area (Å²) < 4.78 is 34.4. The Morgan fingerprint density at radius 1 is 0.488 bits per heavy atom. The van der Waals surface area contributed by atoms with Gasteiger partial charge in [0.25, 0.3) is 0 Å². The number of hydrogen-bond acceptors (Lipinski definition) is 10. The first-order valence-electron chi connectivity index (χ1n) is 10.7. The van der Waals surface area contributed by atoms with Crippen molar-refractivity contribution in [3.05, 3.63) is 72.8 Å². The molecule has 0 aliphatic heterocycles. The predicted molar refractivity (Wildman–Crippen MR) is 158 cm³/mol. The molecule has 6 aromatic rings. The molecule has 43 heavy (non-hydrogen) atoms. The van der Waals surface area contributed by atoms with Crippen molar-refractivity contribution in [3.63, 3.8) is 0 Å². The zero-order valence-corrected chi connectivity index (χ0v) is 23.9. The molecule has 2 aromatic heterocycles. The number of aromatic nitrogens is 4.